The van der Waals surface area contributed by atoms with Gasteiger partial charge in [-0.15, -0.1) is 0 Å². The first kappa shape index (κ1) is 15.0. The van der Waals surface area contributed by atoms with Crippen LogP contribution in [0.3, 0.4) is 0 Å². The molecule has 1 aromatic heterocycles. The molecule has 1 aliphatic carbocycles. The van der Waals surface area contributed by atoms with E-state index in [1.807, 2.05) is 0 Å². The van der Waals surface area contributed by atoms with Gasteiger partial charge >= 0.3 is 5.69 Å². The van der Waals surface area contributed by atoms with Crippen molar-refractivity contribution >= 4 is 23.1 Å². The van der Waals surface area contributed by atoms with Gasteiger partial charge in [0.1, 0.15) is 5.69 Å². The number of rotatable bonds is 4. The topological polar surface area (TPSA) is 81.0 Å². The smallest absolute Gasteiger partial charge is 0.332 e. The second kappa shape index (κ2) is 6.35. The molecule has 0 radical (unpaired) electrons. The highest BCUT2D eigenvalue weighted by atomic mass is 35.5. The molecule has 2 unspecified atom stereocenters. The molecule has 1 saturated carbocycles. The van der Waals surface area contributed by atoms with E-state index in [9.17, 15) is 10.1 Å². The molecule has 0 saturated heterocycles. The van der Waals surface area contributed by atoms with Crippen LogP contribution in [-0.2, 0) is 0 Å². The number of hydrogen-bond acceptors (Lipinski definition) is 5. The summed E-state index contributed by atoms with van der Waals surface area (Å²) in [7, 11) is 0. The number of hydrogen-bond donors (Lipinski definition) is 1. The molecule has 0 aromatic carbocycles. The third-order valence-electron chi connectivity index (χ3n) is 3.97. The van der Waals surface area contributed by atoms with Gasteiger partial charge < -0.3 is 5.32 Å². The molecule has 6 nitrogen and oxygen atoms in total. The van der Waals surface area contributed by atoms with Crippen molar-refractivity contribution in [1.29, 1.82) is 0 Å². The zero-order valence-corrected chi connectivity index (χ0v) is 12.5. The number of nitrogens with one attached hydrogen (secondary N) is 1. The number of anilines is 1. The second-order valence-corrected chi connectivity index (χ2v) is 5.57. The van der Waals surface area contributed by atoms with Gasteiger partial charge in [0.2, 0.25) is 11.1 Å². The van der Waals surface area contributed by atoms with Crippen molar-refractivity contribution in [3.05, 3.63) is 21.1 Å². The SMILES string of the molecule is CCC1CCCCC1Nc1nc(Cl)nc(C)c1[N+](=O)[O-]. The molecule has 110 valence electrons. The van der Waals surface area contributed by atoms with Gasteiger partial charge in [0.25, 0.3) is 0 Å². The lowest BCUT2D eigenvalue weighted by Crippen LogP contribution is -2.32. The van der Waals surface area contributed by atoms with Gasteiger partial charge in [-0.05, 0) is 37.3 Å². The van der Waals surface area contributed by atoms with Crippen molar-refractivity contribution in [1.82, 2.24) is 9.97 Å². The van der Waals surface area contributed by atoms with Crippen molar-refractivity contribution in [2.24, 2.45) is 5.92 Å². The average molecular weight is 299 g/mol. The number of aromatic nitrogens is 2. The molecular formula is C13H19ClN4O2. The van der Waals surface area contributed by atoms with Gasteiger partial charge in [0.15, 0.2) is 0 Å². The minimum atomic E-state index is -0.447. The zero-order valence-electron chi connectivity index (χ0n) is 11.7. The molecule has 20 heavy (non-hydrogen) atoms. The van der Waals surface area contributed by atoms with E-state index in [1.54, 1.807) is 6.92 Å². The summed E-state index contributed by atoms with van der Waals surface area (Å²) < 4.78 is 0. The summed E-state index contributed by atoms with van der Waals surface area (Å²) in [5.74, 6) is 0.773. The first-order valence-corrected chi connectivity index (χ1v) is 7.35. The monoisotopic (exact) mass is 298 g/mol. The van der Waals surface area contributed by atoms with Crippen LogP contribution in [0.4, 0.5) is 11.5 Å². The van der Waals surface area contributed by atoms with E-state index in [2.05, 4.69) is 22.2 Å². The molecule has 1 fully saturated rings. The Bertz CT molecular complexity index is 509. The minimum absolute atomic E-state index is 0.0412. The molecule has 1 aromatic rings. The Kier molecular flexibility index (Phi) is 4.75. The van der Waals surface area contributed by atoms with Gasteiger partial charge in [-0.25, -0.2) is 4.98 Å². The zero-order chi connectivity index (χ0) is 14.7. The van der Waals surface area contributed by atoms with Crippen LogP contribution in [0.5, 0.6) is 0 Å². The lowest BCUT2D eigenvalue weighted by Gasteiger charge is -2.31. The van der Waals surface area contributed by atoms with Gasteiger partial charge in [-0.1, -0.05) is 26.2 Å². The van der Waals surface area contributed by atoms with Crippen molar-refractivity contribution < 1.29 is 4.92 Å². The van der Waals surface area contributed by atoms with E-state index < -0.39 is 4.92 Å². The first-order chi connectivity index (χ1) is 9.52. The summed E-state index contributed by atoms with van der Waals surface area (Å²) in [5.41, 5.74) is 0.219. The van der Waals surface area contributed by atoms with Crippen LogP contribution in [0.1, 0.15) is 44.7 Å². The number of halogens is 1. The summed E-state index contributed by atoms with van der Waals surface area (Å²) in [6, 6.07) is 0.220. The number of nitro groups is 1. The molecule has 1 aliphatic rings. The first-order valence-electron chi connectivity index (χ1n) is 6.98. The average Bonchev–Trinajstić information content (AvgIpc) is 2.38. The largest absolute Gasteiger partial charge is 0.361 e. The Morgan fingerprint density at radius 1 is 1.40 bits per heavy atom. The summed E-state index contributed by atoms with van der Waals surface area (Å²) in [6.45, 7) is 3.73. The molecule has 0 spiro atoms. The second-order valence-electron chi connectivity index (χ2n) is 5.24. The fourth-order valence-electron chi connectivity index (χ4n) is 2.91. The molecule has 0 aliphatic heterocycles. The standard InChI is InChI=1S/C13H19ClN4O2/c1-3-9-6-4-5-7-10(9)16-12-11(18(19)20)8(2)15-13(14)17-12/h9-10H,3-7H2,1-2H3,(H,15,16,17). The van der Waals surface area contributed by atoms with Gasteiger partial charge in [0.05, 0.1) is 4.92 Å². The third-order valence-corrected chi connectivity index (χ3v) is 4.14. The molecular weight excluding hydrogens is 280 g/mol. The molecule has 0 amide bonds. The lowest BCUT2D eigenvalue weighted by atomic mass is 9.83. The Hall–Kier alpha value is -1.43. The minimum Gasteiger partial charge on any atom is -0.361 e. The predicted molar refractivity (Wildman–Crippen MR) is 78.1 cm³/mol. The van der Waals surface area contributed by atoms with E-state index in [4.69, 9.17) is 11.6 Å². The predicted octanol–water partition coefficient (Wildman–Crippen LogP) is 3.73. The van der Waals surface area contributed by atoms with Gasteiger partial charge in [-0.3, -0.25) is 10.1 Å². The third kappa shape index (κ3) is 3.17. The molecule has 2 rings (SSSR count). The van der Waals surface area contributed by atoms with E-state index in [0.717, 1.165) is 25.7 Å². The fraction of sp³-hybridized carbons (Fsp3) is 0.692. The summed E-state index contributed by atoms with van der Waals surface area (Å²) in [5, 5.41) is 14.5. The quantitative estimate of drug-likeness (QED) is 0.520. The Balaban J connectivity index is 2.30. The highest BCUT2D eigenvalue weighted by molar-refractivity contribution is 6.28. The fourth-order valence-corrected chi connectivity index (χ4v) is 3.13. The van der Waals surface area contributed by atoms with Crippen LogP contribution >= 0.6 is 11.6 Å². The van der Waals surface area contributed by atoms with E-state index >= 15 is 0 Å². The maximum absolute atomic E-state index is 11.2. The van der Waals surface area contributed by atoms with Gasteiger partial charge in [0, 0.05) is 6.04 Å². The normalized spacial score (nSPS) is 22.6. The van der Waals surface area contributed by atoms with Crippen molar-refractivity contribution in [3.63, 3.8) is 0 Å². The van der Waals surface area contributed by atoms with Crippen LogP contribution in [0, 0.1) is 23.0 Å². The van der Waals surface area contributed by atoms with E-state index in [-0.39, 0.29) is 22.8 Å². The number of nitrogens with zero attached hydrogens (tertiary/aromatic N) is 3. The lowest BCUT2D eigenvalue weighted by molar-refractivity contribution is -0.385. The van der Waals surface area contributed by atoms with Gasteiger partial charge in [-0.2, -0.15) is 4.98 Å². The molecule has 1 N–H and O–H groups in total. The van der Waals surface area contributed by atoms with Crippen LogP contribution in [-0.4, -0.2) is 20.9 Å². The number of aryl methyl sites for hydroxylation is 1. The van der Waals surface area contributed by atoms with Crippen LogP contribution in [0.15, 0.2) is 0 Å². The Morgan fingerprint density at radius 3 is 2.75 bits per heavy atom. The summed E-state index contributed by atoms with van der Waals surface area (Å²) in [4.78, 5) is 18.6. The van der Waals surface area contributed by atoms with E-state index in [0.29, 0.717) is 11.6 Å². The van der Waals surface area contributed by atoms with Crippen molar-refractivity contribution in [3.8, 4) is 0 Å². The molecule has 0 bridgehead atoms. The molecule has 1 heterocycles. The van der Waals surface area contributed by atoms with Crippen LogP contribution < -0.4 is 5.32 Å². The maximum Gasteiger partial charge on any atom is 0.332 e. The van der Waals surface area contributed by atoms with E-state index in [1.165, 1.54) is 6.42 Å². The summed E-state index contributed by atoms with van der Waals surface area (Å²) >= 11 is 5.83. The Morgan fingerprint density at radius 2 is 2.10 bits per heavy atom. The highest BCUT2D eigenvalue weighted by Crippen LogP contribution is 2.33. The summed E-state index contributed by atoms with van der Waals surface area (Å²) in [6.07, 6.45) is 5.58. The highest BCUT2D eigenvalue weighted by Gasteiger charge is 2.28. The maximum atomic E-state index is 11.2. The van der Waals surface area contributed by atoms with Crippen molar-refractivity contribution in [2.45, 2.75) is 52.0 Å². The molecule has 2 atom stereocenters. The molecule has 7 heteroatoms. The van der Waals surface area contributed by atoms with Crippen LogP contribution in [0.2, 0.25) is 5.28 Å². The Labute approximate surface area is 123 Å². The van der Waals surface area contributed by atoms with Crippen molar-refractivity contribution in [2.75, 3.05) is 5.32 Å². The van der Waals surface area contributed by atoms with Crippen LogP contribution in [0.25, 0.3) is 0 Å².